The Labute approximate surface area is 325 Å². The van der Waals surface area contributed by atoms with Gasteiger partial charge < -0.3 is 19.6 Å². The number of pyridine rings is 1. The predicted octanol–water partition coefficient (Wildman–Crippen LogP) is 9.55. The van der Waals surface area contributed by atoms with E-state index in [-0.39, 0.29) is 17.7 Å². The number of nitrogens with zero attached hydrogens (tertiary/aromatic N) is 4. The number of imidazole rings is 1. The molecule has 10 heteroatoms. The summed E-state index contributed by atoms with van der Waals surface area (Å²) in [7, 11) is 0. The van der Waals surface area contributed by atoms with E-state index in [1.165, 1.54) is 12.1 Å². The van der Waals surface area contributed by atoms with Crippen molar-refractivity contribution in [3.8, 4) is 22.8 Å². The lowest BCUT2D eigenvalue weighted by Crippen LogP contribution is -2.16. The van der Waals surface area contributed by atoms with Crippen molar-refractivity contribution < 1.29 is 24.2 Å². The standard InChI is InChI=1S/C46H41N5O5/c1-3-42(41-16-10-11-17-45(41)56-30-44(52)39-14-8-9-15-40(39)46(53)54)50-21-19-37-26-34(18-20-49-37)36(27-47-4-2)24-32-22-33(29-55-38-12-6-5-7-13-38)25-35(23-32)43-28-48-31-51-43/h4-23,25-28,31H,3,24,29-30H2,1-2H3,(H,48,51)(H,53,54)/b21-19+,36-27+,47-4?,50-42?. The number of allylic oxidation sites excluding steroid dienone is 1. The van der Waals surface area contributed by atoms with E-state index in [0.29, 0.717) is 30.9 Å². The van der Waals surface area contributed by atoms with Crippen LogP contribution in [0.3, 0.4) is 0 Å². The second-order valence-corrected chi connectivity index (χ2v) is 12.6. The fourth-order valence-corrected chi connectivity index (χ4v) is 6.07. The molecule has 0 fully saturated rings. The number of carbonyl (C=O) groups excluding carboxylic acids is 1. The van der Waals surface area contributed by atoms with Crippen LogP contribution in [-0.2, 0) is 13.0 Å². The zero-order valence-electron chi connectivity index (χ0n) is 31.1. The molecule has 6 aromatic rings. The quantitative estimate of drug-likeness (QED) is 0.0701. The number of H-pyrrole nitrogens is 1. The van der Waals surface area contributed by atoms with Crippen LogP contribution in [0.25, 0.3) is 22.9 Å². The minimum atomic E-state index is -1.17. The van der Waals surface area contributed by atoms with E-state index in [9.17, 15) is 14.7 Å². The number of aliphatic imine (C=N–C) groups is 2. The van der Waals surface area contributed by atoms with Gasteiger partial charge >= 0.3 is 5.97 Å². The first-order valence-corrected chi connectivity index (χ1v) is 18.2. The van der Waals surface area contributed by atoms with Gasteiger partial charge in [0.25, 0.3) is 0 Å². The highest BCUT2D eigenvalue weighted by Gasteiger charge is 2.18. The van der Waals surface area contributed by atoms with Gasteiger partial charge in [-0.15, -0.1) is 0 Å². The molecule has 0 aliphatic heterocycles. The molecule has 2 aromatic heterocycles. The van der Waals surface area contributed by atoms with Crippen LogP contribution in [0.5, 0.6) is 11.5 Å². The summed E-state index contributed by atoms with van der Waals surface area (Å²) in [6.45, 7) is 3.96. The SMILES string of the molecule is CC=N/C=C(\Cc1cc(COc2ccccc2)cc(-c2cnc[nH]2)c1)c1ccnc(/C=C/N=C(CC)c2ccccc2OCC(=O)c2ccccc2C(=O)O)c1. The maximum atomic E-state index is 13.0. The van der Waals surface area contributed by atoms with E-state index in [1.54, 1.807) is 43.1 Å². The van der Waals surface area contributed by atoms with Gasteiger partial charge in [-0.25, -0.2) is 9.78 Å². The molecule has 56 heavy (non-hydrogen) atoms. The monoisotopic (exact) mass is 743 g/mol. The molecule has 4 aromatic carbocycles. The highest BCUT2D eigenvalue weighted by molar-refractivity contribution is 6.07. The van der Waals surface area contributed by atoms with Crippen molar-refractivity contribution in [2.75, 3.05) is 6.61 Å². The van der Waals surface area contributed by atoms with Crippen molar-refractivity contribution in [3.63, 3.8) is 0 Å². The molecule has 0 unspecified atom stereocenters. The van der Waals surface area contributed by atoms with Gasteiger partial charge in [0.15, 0.2) is 6.61 Å². The van der Waals surface area contributed by atoms with Gasteiger partial charge in [-0.1, -0.05) is 61.5 Å². The maximum absolute atomic E-state index is 13.0. The van der Waals surface area contributed by atoms with Crippen LogP contribution in [0.2, 0.25) is 0 Å². The van der Waals surface area contributed by atoms with Crippen molar-refractivity contribution in [1.82, 2.24) is 15.0 Å². The van der Waals surface area contributed by atoms with Crippen molar-refractivity contribution >= 4 is 35.3 Å². The summed E-state index contributed by atoms with van der Waals surface area (Å²) in [6, 6.07) is 33.6. The van der Waals surface area contributed by atoms with Crippen molar-refractivity contribution in [3.05, 3.63) is 179 Å². The lowest BCUT2D eigenvalue weighted by molar-refractivity contribution is 0.0690. The van der Waals surface area contributed by atoms with E-state index < -0.39 is 11.8 Å². The first-order valence-electron chi connectivity index (χ1n) is 18.2. The molecular weight excluding hydrogens is 703 g/mol. The summed E-state index contributed by atoms with van der Waals surface area (Å²) < 4.78 is 12.0. The first-order chi connectivity index (χ1) is 27.4. The van der Waals surface area contributed by atoms with Gasteiger partial charge in [0.1, 0.15) is 18.1 Å². The normalized spacial score (nSPS) is 12.0. The zero-order valence-corrected chi connectivity index (χ0v) is 31.1. The fourth-order valence-electron chi connectivity index (χ4n) is 6.07. The van der Waals surface area contributed by atoms with Crippen LogP contribution < -0.4 is 9.47 Å². The Hall–Kier alpha value is -7.20. The Bertz CT molecular complexity index is 2400. The topological polar surface area (TPSA) is 139 Å². The lowest BCUT2D eigenvalue weighted by atomic mass is 9.95. The number of para-hydroxylation sites is 2. The Morgan fingerprint density at radius 3 is 2.36 bits per heavy atom. The number of nitrogens with one attached hydrogen (secondary N) is 1. The number of aromatic amines is 1. The summed E-state index contributed by atoms with van der Waals surface area (Å²) in [5, 5.41) is 9.51. The molecule has 2 N–H and O–H groups in total. The number of ketones is 1. The third-order valence-electron chi connectivity index (χ3n) is 8.76. The van der Waals surface area contributed by atoms with Crippen molar-refractivity contribution in [2.24, 2.45) is 9.98 Å². The minimum absolute atomic E-state index is 0.0630. The molecule has 0 aliphatic rings. The molecule has 0 radical (unpaired) electrons. The third-order valence-corrected chi connectivity index (χ3v) is 8.76. The molecule has 280 valence electrons. The summed E-state index contributed by atoms with van der Waals surface area (Å²) >= 11 is 0. The molecule has 0 aliphatic carbocycles. The van der Waals surface area contributed by atoms with Crippen LogP contribution in [0, 0.1) is 0 Å². The first kappa shape index (κ1) is 38.5. The van der Waals surface area contributed by atoms with E-state index >= 15 is 0 Å². The molecule has 0 bridgehead atoms. The highest BCUT2D eigenvalue weighted by Crippen LogP contribution is 2.27. The Kier molecular flexibility index (Phi) is 13.2. The molecule has 2 heterocycles. The minimum Gasteiger partial charge on any atom is -0.489 e. The van der Waals surface area contributed by atoms with Gasteiger partial charge in [-0.3, -0.25) is 19.8 Å². The smallest absolute Gasteiger partial charge is 0.336 e. The van der Waals surface area contributed by atoms with E-state index in [1.807, 2.05) is 93.0 Å². The number of rotatable bonds is 17. The van der Waals surface area contributed by atoms with Crippen molar-refractivity contribution in [2.45, 2.75) is 33.3 Å². The van der Waals surface area contributed by atoms with Crippen molar-refractivity contribution in [1.29, 1.82) is 0 Å². The molecule has 10 nitrogen and oxygen atoms in total. The molecule has 0 saturated carbocycles. The number of hydrogen-bond acceptors (Lipinski definition) is 8. The number of carbonyl (C=O) groups is 2. The van der Waals surface area contributed by atoms with Crippen LogP contribution in [0.4, 0.5) is 0 Å². The van der Waals surface area contributed by atoms with Crippen LogP contribution in [0.15, 0.2) is 150 Å². The second kappa shape index (κ2) is 19.2. The largest absolute Gasteiger partial charge is 0.489 e. The third kappa shape index (κ3) is 10.3. The number of hydrogen-bond donors (Lipinski definition) is 2. The molecule has 0 atom stereocenters. The number of aromatic carboxylic acids is 1. The van der Waals surface area contributed by atoms with Gasteiger partial charge in [0.05, 0.1) is 35.2 Å². The van der Waals surface area contributed by atoms with Gasteiger partial charge in [0.2, 0.25) is 5.78 Å². The van der Waals surface area contributed by atoms with E-state index in [4.69, 9.17) is 14.5 Å². The Balaban J connectivity index is 1.21. The fraction of sp³-hybridized carbons (Fsp3) is 0.130. The average molecular weight is 744 g/mol. The number of benzene rings is 4. The maximum Gasteiger partial charge on any atom is 0.336 e. The summed E-state index contributed by atoms with van der Waals surface area (Å²) in [5.41, 5.74) is 8.22. The number of aromatic nitrogens is 3. The summed E-state index contributed by atoms with van der Waals surface area (Å²) in [5.74, 6) is -0.323. The van der Waals surface area contributed by atoms with Crippen LogP contribution in [0.1, 0.15) is 68.9 Å². The highest BCUT2D eigenvalue weighted by atomic mass is 16.5. The van der Waals surface area contributed by atoms with Crippen LogP contribution in [-0.4, -0.2) is 50.3 Å². The van der Waals surface area contributed by atoms with E-state index in [0.717, 1.165) is 50.5 Å². The number of carboxylic acids is 1. The second-order valence-electron chi connectivity index (χ2n) is 12.6. The zero-order chi connectivity index (χ0) is 39.1. The number of carboxylic acid groups (broad SMARTS) is 1. The summed E-state index contributed by atoms with van der Waals surface area (Å²) in [4.78, 5) is 45.9. The molecule has 6 rings (SSSR count). The number of Topliss-reactive ketones (excluding diaryl/α,β-unsaturated/α-hetero) is 1. The lowest BCUT2D eigenvalue weighted by Gasteiger charge is -2.13. The van der Waals surface area contributed by atoms with Crippen LogP contribution >= 0.6 is 0 Å². The molecule has 0 amide bonds. The van der Waals surface area contributed by atoms with E-state index in [2.05, 4.69) is 38.1 Å². The summed E-state index contributed by atoms with van der Waals surface area (Å²) in [6.07, 6.45) is 13.6. The Morgan fingerprint density at radius 1 is 0.857 bits per heavy atom. The number of ether oxygens (including phenoxy) is 2. The van der Waals surface area contributed by atoms with Gasteiger partial charge in [-0.2, -0.15) is 0 Å². The Morgan fingerprint density at radius 2 is 1.61 bits per heavy atom. The molecule has 0 saturated heterocycles. The molecular formula is C46H41N5O5. The van der Waals surface area contributed by atoms with Gasteiger partial charge in [-0.05, 0) is 103 Å². The predicted molar refractivity (Wildman–Crippen MR) is 220 cm³/mol. The average Bonchev–Trinajstić information content (AvgIpc) is 3.79. The van der Waals surface area contributed by atoms with Gasteiger partial charge in [0, 0.05) is 41.5 Å². The molecule has 0 spiro atoms.